The number of aromatic nitrogens is 2. The van der Waals surface area contributed by atoms with Crippen molar-refractivity contribution in [3.8, 4) is 11.4 Å². The van der Waals surface area contributed by atoms with Crippen molar-refractivity contribution in [3.63, 3.8) is 0 Å². The number of fused-ring (bicyclic) bond motifs is 1. The third-order valence-corrected chi connectivity index (χ3v) is 4.19. The van der Waals surface area contributed by atoms with Gasteiger partial charge >= 0.3 is 0 Å². The molecule has 3 rings (SSSR count). The fourth-order valence-electron chi connectivity index (χ4n) is 2.32. The number of ether oxygens (including phenoxy) is 1. The Labute approximate surface area is 134 Å². The number of methoxy groups -OCH3 is 1. The van der Waals surface area contributed by atoms with Crippen molar-refractivity contribution in [1.29, 1.82) is 0 Å². The Kier molecular flexibility index (Phi) is 3.59. The van der Waals surface area contributed by atoms with Gasteiger partial charge in [-0.05, 0) is 58.8 Å². The van der Waals surface area contributed by atoms with Crippen molar-refractivity contribution in [2.24, 2.45) is 0 Å². The summed E-state index contributed by atoms with van der Waals surface area (Å²) < 4.78 is 21.9. The van der Waals surface area contributed by atoms with Gasteiger partial charge in [0.15, 0.2) is 4.77 Å². The molecule has 3 nitrogen and oxygen atoms in total. The highest BCUT2D eigenvalue weighted by molar-refractivity contribution is 9.10. The van der Waals surface area contributed by atoms with Crippen LogP contribution >= 0.6 is 28.1 Å². The molecule has 3 aromatic rings. The Morgan fingerprint density at radius 1 is 1.29 bits per heavy atom. The van der Waals surface area contributed by atoms with Gasteiger partial charge in [0.25, 0.3) is 0 Å². The van der Waals surface area contributed by atoms with Gasteiger partial charge in [-0.3, -0.25) is 4.57 Å². The molecule has 21 heavy (non-hydrogen) atoms. The van der Waals surface area contributed by atoms with Crippen LogP contribution in [0.3, 0.4) is 0 Å². The number of hydrogen-bond donors (Lipinski definition) is 1. The Morgan fingerprint density at radius 2 is 2.05 bits per heavy atom. The van der Waals surface area contributed by atoms with Gasteiger partial charge in [0.05, 0.1) is 28.3 Å². The first-order valence-electron chi connectivity index (χ1n) is 6.26. The van der Waals surface area contributed by atoms with Crippen molar-refractivity contribution in [2.75, 3.05) is 7.11 Å². The summed E-state index contributed by atoms with van der Waals surface area (Å²) in [7, 11) is 1.60. The highest BCUT2D eigenvalue weighted by Crippen LogP contribution is 2.30. The summed E-state index contributed by atoms with van der Waals surface area (Å²) in [5, 5.41) is 0. The Hall–Kier alpha value is -1.66. The zero-order valence-corrected chi connectivity index (χ0v) is 13.8. The molecule has 0 radical (unpaired) electrons. The molecule has 2 aromatic carbocycles. The minimum atomic E-state index is -0.336. The van der Waals surface area contributed by atoms with Gasteiger partial charge in [0.1, 0.15) is 11.6 Å². The Morgan fingerprint density at radius 3 is 2.76 bits per heavy atom. The van der Waals surface area contributed by atoms with E-state index >= 15 is 0 Å². The monoisotopic (exact) mass is 366 g/mol. The van der Waals surface area contributed by atoms with E-state index in [-0.39, 0.29) is 5.82 Å². The average Bonchev–Trinajstić information content (AvgIpc) is 2.74. The average molecular weight is 367 g/mol. The van der Waals surface area contributed by atoms with Crippen LogP contribution in [0.4, 0.5) is 4.39 Å². The summed E-state index contributed by atoms with van der Waals surface area (Å²) in [6.45, 7) is 1.98. The summed E-state index contributed by atoms with van der Waals surface area (Å²) in [4.78, 5) is 3.09. The molecule has 0 saturated heterocycles. The SMILES string of the molecule is COc1ccc(C)cc1-n1c(=S)[nH]c2cc(Br)c(F)cc21. The lowest BCUT2D eigenvalue weighted by atomic mass is 10.2. The fourth-order valence-corrected chi connectivity index (χ4v) is 2.97. The van der Waals surface area contributed by atoms with Crippen LogP contribution in [-0.4, -0.2) is 16.7 Å². The van der Waals surface area contributed by atoms with E-state index in [9.17, 15) is 4.39 Å². The maximum absolute atomic E-state index is 13.9. The maximum atomic E-state index is 13.9. The molecule has 0 saturated carbocycles. The summed E-state index contributed by atoms with van der Waals surface area (Å²) in [6.07, 6.45) is 0. The van der Waals surface area contributed by atoms with E-state index in [2.05, 4.69) is 20.9 Å². The van der Waals surface area contributed by atoms with Gasteiger partial charge in [-0.15, -0.1) is 0 Å². The molecule has 0 atom stereocenters. The molecular weight excluding hydrogens is 355 g/mol. The van der Waals surface area contributed by atoms with E-state index in [0.29, 0.717) is 20.5 Å². The van der Waals surface area contributed by atoms with Crippen LogP contribution in [0.2, 0.25) is 0 Å². The van der Waals surface area contributed by atoms with E-state index in [1.54, 1.807) is 17.7 Å². The number of imidazole rings is 1. The van der Waals surface area contributed by atoms with Crippen LogP contribution in [0.1, 0.15) is 5.56 Å². The van der Waals surface area contributed by atoms with E-state index in [1.165, 1.54) is 6.07 Å². The first-order chi connectivity index (χ1) is 10.0. The Balaban J connectivity index is 2.40. The van der Waals surface area contributed by atoms with Gasteiger partial charge in [-0.2, -0.15) is 0 Å². The van der Waals surface area contributed by atoms with Gasteiger partial charge < -0.3 is 9.72 Å². The van der Waals surface area contributed by atoms with Crippen molar-refractivity contribution >= 4 is 39.2 Å². The van der Waals surface area contributed by atoms with E-state index in [0.717, 1.165) is 16.8 Å². The van der Waals surface area contributed by atoms with Gasteiger partial charge in [0, 0.05) is 6.07 Å². The largest absolute Gasteiger partial charge is 0.495 e. The minimum absolute atomic E-state index is 0.336. The zero-order chi connectivity index (χ0) is 15.1. The number of H-pyrrole nitrogens is 1. The normalized spacial score (nSPS) is 11.0. The molecule has 0 aliphatic rings. The number of aromatic amines is 1. The topological polar surface area (TPSA) is 29.9 Å². The number of halogens is 2. The van der Waals surface area contributed by atoms with Gasteiger partial charge in [-0.25, -0.2) is 4.39 Å². The second kappa shape index (κ2) is 5.27. The van der Waals surface area contributed by atoms with Crippen LogP contribution < -0.4 is 4.74 Å². The van der Waals surface area contributed by atoms with Crippen molar-refractivity contribution in [1.82, 2.24) is 9.55 Å². The lowest BCUT2D eigenvalue weighted by molar-refractivity contribution is 0.413. The second-order valence-corrected chi connectivity index (χ2v) is 5.97. The first-order valence-corrected chi connectivity index (χ1v) is 7.46. The highest BCUT2D eigenvalue weighted by Gasteiger charge is 2.13. The van der Waals surface area contributed by atoms with E-state index < -0.39 is 0 Å². The quantitative estimate of drug-likeness (QED) is 0.653. The summed E-state index contributed by atoms with van der Waals surface area (Å²) in [5.41, 5.74) is 3.29. The first kappa shape index (κ1) is 14.3. The molecular formula is C15H12BrFN2OS. The third-order valence-electron chi connectivity index (χ3n) is 3.30. The molecule has 0 aliphatic heterocycles. The summed E-state index contributed by atoms with van der Waals surface area (Å²) >= 11 is 8.57. The van der Waals surface area contributed by atoms with Crippen LogP contribution in [-0.2, 0) is 0 Å². The number of hydrogen-bond acceptors (Lipinski definition) is 2. The maximum Gasteiger partial charge on any atom is 0.182 e. The number of benzene rings is 2. The van der Waals surface area contributed by atoms with Crippen LogP contribution in [0, 0.1) is 17.5 Å². The lowest BCUT2D eigenvalue weighted by Crippen LogP contribution is -1.99. The standard InChI is InChI=1S/C15H12BrFN2OS/c1-8-3-4-14(20-2)13(5-8)19-12-7-10(17)9(16)6-11(12)18-15(19)21/h3-7H,1-2H3,(H,18,21). The van der Waals surface area contributed by atoms with Crippen molar-refractivity contribution in [2.45, 2.75) is 6.92 Å². The predicted molar refractivity (Wildman–Crippen MR) is 87.4 cm³/mol. The molecule has 0 fully saturated rings. The summed E-state index contributed by atoms with van der Waals surface area (Å²) in [5.74, 6) is 0.345. The molecule has 0 amide bonds. The Bertz CT molecular complexity index is 901. The molecule has 1 aromatic heterocycles. The van der Waals surface area contributed by atoms with Crippen LogP contribution in [0.5, 0.6) is 5.75 Å². The highest BCUT2D eigenvalue weighted by atomic mass is 79.9. The van der Waals surface area contributed by atoms with Crippen LogP contribution in [0.25, 0.3) is 16.7 Å². The number of nitrogens with zero attached hydrogens (tertiary/aromatic N) is 1. The third kappa shape index (κ3) is 2.38. The minimum Gasteiger partial charge on any atom is -0.495 e. The van der Waals surface area contributed by atoms with Crippen molar-refractivity contribution in [3.05, 3.63) is 51.0 Å². The molecule has 1 N–H and O–H groups in total. The molecule has 0 spiro atoms. The van der Waals surface area contributed by atoms with E-state index in [1.807, 2.05) is 25.1 Å². The molecule has 0 unspecified atom stereocenters. The molecule has 1 heterocycles. The smallest absolute Gasteiger partial charge is 0.182 e. The number of rotatable bonds is 2. The predicted octanol–water partition coefficient (Wildman–Crippen LogP) is 4.91. The second-order valence-electron chi connectivity index (χ2n) is 4.72. The molecule has 108 valence electrons. The zero-order valence-electron chi connectivity index (χ0n) is 11.4. The van der Waals surface area contributed by atoms with Crippen molar-refractivity contribution < 1.29 is 9.13 Å². The number of nitrogens with one attached hydrogen (secondary N) is 1. The molecule has 0 bridgehead atoms. The van der Waals surface area contributed by atoms with E-state index in [4.69, 9.17) is 17.0 Å². The lowest BCUT2D eigenvalue weighted by Gasteiger charge is -2.11. The fraction of sp³-hybridized carbons (Fsp3) is 0.133. The summed E-state index contributed by atoms with van der Waals surface area (Å²) in [6, 6.07) is 8.92. The van der Waals surface area contributed by atoms with Crippen LogP contribution in [0.15, 0.2) is 34.8 Å². The molecule has 0 aliphatic carbocycles. The van der Waals surface area contributed by atoms with Gasteiger partial charge in [0.2, 0.25) is 0 Å². The van der Waals surface area contributed by atoms with Gasteiger partial charge in [-0.1, -0.05) is 6.07 Å². The number of aryl methyl sites for hydroxylation is 1. The molecule has 6 heteroatoms.